The molecule has 8 nitrogen and oxygen atoms in total. The SMILES string of the molecule is C=CC(=O)N1CCN(c2nc(/C=C/c3cccc(OC)c3)nc3ccc(OCCOC)cc23)C[C@H]1C. The van der Waals surface area contributed by atoms with Crippen molar-refractivity contribution < 1.29 is 19.0 Å². The molecule has 0 radical (unpaired) electrons. The summed E-state index contributed by atoms with van der Waals surface area (Å²) < 4.78 is 16.3. The Labute approximate surface area is 211 Å². The van der Waals surface area contributed by atoms with Gasteiger partial charge < -0.3 is 24.0 Å². The van der Waals surface area contributed by atoms with E-state index in [1.54, 1.807) is 14.2 Å². The summed E-state index contributed by atoms with van der Waals surface area (Å²) in [4.78, 5) is 26.0. The van der Waals surface area contributed by atoms with Crippen LogP contribution in [0.5, 0.6) is 11.5 Å². The predicted octanol–water partition coefficient (Wildman–Crippen LogP) is 4.06. The number of rotatable bonds is 9. The number of carbonyl (C=O) groups is 1. The van der Waals surface area contributed by atoms with Crippen LogP contribution in [0.2, 0.25) is 0 Å². The minimum absolute atomic E-state index is 0.0196. The predicted molar refractivity (Wildman–Crippen MR) is 142 cm³/mol. The second-order valence-electron chi connectivity index (χ2n) is 8.57. The van der Waals surface area contributed by atoms with Crippen molar-refractivity contribution in [1.82, 2.24) is 14.9 Å². The van der Waals surface area contributed by atoms with Gasteiger partial charge in [-0.25, -0.2) is 9.97 Å². The number of ether oxygens (including phenoxy) is 3. The van der Waals surface area contributed by atoms with Crippen LogP contribution in [0.25, 0.3) is 23.1 Å². The van der Waals surface area contributed by atoms with E-state index in [1.807, 2.05) is 66.4 Å². The number of benzene rings is 2. The number of amides is 1. The number of hydrogen-bond acceptors (Lipinski definition) is 7. The topological polar surface area (TPSA) is 77.0 Å². The Morgan fingerprint density at radius 3 is 2.69 bits per heavy atom. The lowest BCUT2D eigenvalue weighted by Gasteiger charge is -2.40. The largest absolute Gasteiger partial charge is 0.497 e. The van der Waals surface area contributed by atoms with Gasteiger partial charge in [0, 0.05) is 38.2 Å². The third-order valence-electron chi connectivity index (χ3n) is 6.12. The zero-order chi connectivity index (χ0) is 25.5. The van der Waals surface area contributed by atoms with Gasteiger partial charge in [0.2, 0.25) is 5.91 Å². The van der Waals surface area contributed by atoms with Gasteiger partial charge in [-0.2, -0.15) is 0 Å². The molecule has 36 heavy (non-hydrogen) atoms. The molecule has 2 aromatic carbocycles. The van der Waals surface area contributed by atoms with E-state index in [9.17, 15) is 4.79 Å². The second-order valence-corrected chi connectivity index (χ2v) is 8.57. The molecule has 1 atom stereocenters. The Kier molecular flexibility index (Phi) is 8.17. The molecule has 0 bridgehead atoms. The molecule has 1 aliphatic heterocycles. The van der Waals surface area contributed by atoms with Crippen LogP contribution in [-0.4, -0.2) is 73.9 Å². The van der Waals surface area contributed by atoms with E-state index in [1.165, 1.54) is 6.08 Å². The van der Waals surface area contributed by atoms with Crippen LogP contribution in [0.3, 0.4) is 0 Å². The number of carbonyl (C=O) groups excluding carboxylic acids is 1. The average molecular weight is 489 g/mol. The van der Waals surface area contributed by atoms with Gasteiger partial charge in [-0.05, 0) is 55.0 Å². The maximum atomic E-state index is 12.2. The van der Waals surface area contributed by atoms with Gasteiger partial charge in [0.25, 0.3) is 0 Å². The Morgan fingerprint density at radius 2 is 1.94 bits per heavy atom. The maximum Gasteiger partial charge on any atom is 0.246 e. The summed E-state index contributed by atoms with van der Waals surface area (Å²) >= 11 is 0. The van der Waals surface area contributed by atoms with Crippen LogP contribution in [0.15, 0.2) is 55.1 Å². The van der Waals surface area contributed by atoms with Gasteiger partial charge in [0.05, 0.1) is 19.2 Å². The van der Waals surface area contributed by atoms with E-state index in [4.69, 9.17) is 24.2 Å². The van der Waals surface area contributed by atoms with Gasteiger partial charge in [0.1, 0.15) is 23.9 Å². The molecule has 0 N–H and O–H groups in total. The fraction of sp³-hybridized carbons (Fsp3) is 0.321. The number of anilines is 1. The Bertz CT molecular complexity index is 1260. The quantitative estimate of drug-likeness (QED) is 0.332. The number of nitrogens with zero attached hydrogens (tertiary/aromatic N) is 4. The van der Waals surface area contributed by atoms with Crippen molar-refractivity contribution in [2.75, 3.05) is 52.0 Å². The van der Waals surface area contributed by atoms with Crippen LogP contribution < -0.4 is 14.4 Å². The van der Waals surface area contributed by atoms with Gasteiger partial charge in [-0.1, -0.05) is 24.8 Å². The molecule has 3 aromatic rings. The summed E-state index contributed by atoms with van der Waals surface area (Å²) in [5.74, 6) is 2.90. The van der Waals surface area contributed by atoms with Crippen molar-refractivity contribution in [3.63, 3.8) is 0 Å². The lowest BCUT2D eigenvalue weighted by Crippen LogP contribution is -2.54. The number of fused-ring (bicyclic) bond motifs is 1. The smallest absolute Gasteiger partial charge is 0.246 e. The zero-order valence-electron chi connectivity index (χ0n) is 21.0. The number of methoxy groups -OCH3 is 2. The highest BCUT2D eigenvalue weighted by Crippen LogP contribution is 2.30. The zero-order valence-corrected chi connectivity index (χ0v) is 21.0. The Morgan fingerprint density at radius 1 is 1.08 bits per heavy atom. The summed E-state index contributed by atoms with van der Waals surface area (Å²) in [7, 11) is 3.30. The van der Waals surface area contributed by atoms with Crippen molar-refractivity contribution in [3.8, 4) is 11.5 Å². The molecule has 8 heteroatoms. The van der Waals surface area contributed by atoms with Gasteiger partial charge >= 0.3 is 0 Å². The standard InChI is InChI=1S/C28H32N4O4/c1-5-27(33)32-14-13-31(19-20(32)2)28-24-18-23(36-16-15-34-3)10-11-25(24)29-26(30-28)12-9-21-7-6-8-22(17-21)35-4/h5-12,17-18,20H,1,13-16,19H2,2-4H3/b12-9+/t20-/m1/s1. The normalized spacial score (nSPS) is 15.9. The van der Waals surface area contributed by atoms with Crippen LogP contribution >= 0.6 is 0 Å². The molecule has 0 saturated carbocycles. The van der Waals surface area contributed by atoms with Crippen molar-refractivity contribution in [2.45, 2.75) is 13.0 Å². The highest BCUT2D eigenvalue weighted by Gasteiger charge is 2.28. The summed E-state index contributed by atoms with van der Waals surface area (Å²) in [6, 6.07) is 13.7. The van der Waals surface area contributed by atoms with E-state index in [0.717, 1.165) is 33.8 Å². The molecule has 0 unspecified atom stereocenters. The molecule has 1 saturated heterocycles. The summed E-state index contributed by atoms with van der Waals surface area (Å²) in [6.45, 7) is 8.54. The van der Waals surface area contributed by atoms with Crippen molar-refractivity contribution in [3.05, 3.63) is 66.5 Å². The number of piperazine rings is 1. The maximum absolute atomic E-state index is 12.2. The van der Waals surface area contributed by atoms with E-state index in [2.05, 4.69) is 11.5 Å². The van der Waals surface area contributed by atoms with E-state index in [0.29, 0.717) is 38.7 Å². The molecule has 1 aliphatic rings. The Balaban J connectivity index is 1.70. The molecule has 188 valence electrons. The van der Waals surface area contributed by atoms with E-state index >= 15 is 0 Å². The lowest BCUT2D eigenvalue weighted by atomic mass is 10.1. The highest BCUT2D eigenvalue weighted by atomic mass is 16.5. The first-order valence-corrected chi connectivity index (χ1v) is 12.0. The lowest BCUT2D eigenvalue weighted by molar-refractivity contribution is -0.128. The minimum Gasteiger partial charge on any atom is -0.497 e. The van der Waals surface area contributed by atoms with Gasteiger partial charge in [0.15, 0.2) is 5.82 Å². The van der Waals surface area contributed by atoms with E-state index < -0.39 is 0 Å². The fourth-order valence-corrected chi connectivity index (χ4v) is 4.27. The monoisotopic (exact) mass is 488 g/mol. The fourth-order valence-electron chi connectivity index (χ4n) is 4.27. The summed E-state index contributed by atoms with van der Waals surface area (Å²) in [5, 5.41) is 0.902. The van der Waals surface area contributed by atoms with Crippen LogP contribution in [0, 0.1) is 0 Å². The molecule has 0 aliphatic carbocycles. The van der Waals surface area contributed by atoms with Gasteiger partial charge in [-0.15, -0.1) is 0 Å². The molecule has 1 fully saturated rings. The highest BCUT2D eigenvalue weighted by molar-refractivity contribution is 5.92. The molecule has 0 spiro atoms. The molecular weight excluding hydrogens is 456 g/mol. The molecule has 2 heterocycles. The molecule has 1 amide bonds. The third kappa shape index (κ3) is 5.83. The van der Waals surface area contributed by atoms with E-state index in [-0.39, 0.29) is 11.9 Å². The van der Waals surface area contributed by atoms with Crippen molar-refractivity contribution in [1.29, 1.82) is 0 Å². The summed E-state index contributed by atoms with van der Waals surface area (Å²) in [5.41, 5.74) is 1.81. The van der Waals surface area contributed by atoms with Crippen LogP contribution in [0.4, 0.5) is 5.82 Å². The third-order valence-corrected chi connectivity index (χ3v) is 6.12. The Hall–Kier alpha value is -3.91. The first kappa shape index (κ1) is 25.2. The number of hydrogen-bond donors (Lipinski definition) is 0. The second kappa shape index (κ2) is 11.7. The van der Waals surface area contributed by atoms with Crippen LogP contribution in [0.1, 0.15) is 18.3 Å². The average Bonchev–Trinajstić information content (AvgIpc) is 2.91. The van der Waals surface area contributed by atoms with Gasteiger partial charge in [-0.3, -0.25) is 4.79 Å². The number of aromatic nitrogens is 2. The summed E-state index contributed by atoms with van der Waals surface area (Å²) in [6.07, 6.45) is 5.25. The first-order chi connectivity index (χ1) is 17.5. The minimum atomic E-state index is -0.0505. The first-order valence-electron chi connectivity index (χ1n) is 12.0. The molecular formula is C28H32N4O4. The van der Waals surface area contributed by atoms with Crippen molar-refractivity contribution >= 4 is 34.8 Å². The molecule has 4 rings (SSSR count). The molecule has 1 aromatic heterocycles. The van der Waals surface area contributed by atoms with Crippen molar-refractivity contribution in [2.24, 2.45) is 0 Å². The van der Waals surface area contributed by atoms with Crippen LogP contribution in [-0.2, 0) is 9.53 Å².